The molecule has 0 aromatic heterocycles. The molecule has 3 fully saturated rings. The minimum Gasteiger partial charge on any atom is -0.393 e. The van der Waals surface area contributed by atoms with Crippen LogP contribution in [0.3, 0.4) is 0 Å². The van der Waals surface area contributed by atoms with Gasteiger partial charge in [0.05, 0.1) is 17.8 Å². The average Bonchev–Trinajstić information content (AvgIpc) is 3.03. The molecule has 0 radical (unpaired) electrons. The van der Waals surface area contributed by atoms with Crippen LogP contribution in [0.15, 0.2) is 35.5 Å². The van der Waals surface area contributed by atoms with Crippen molar-refractivity contribution in [3.05, 3.63) is 35.5 Å². The summed E-state index contributed by atoms with van der Waals surface area (Å²) in [5, 5.41) is 30.3. The van der Waals surface area contributed by atoms with Crippen molar-refractivity contribution in [1.29, 1.82) is 0 Å². The third-order valence-electron chi connectivity index (χ3n) is 8.62. The molecule has 6 atom stereocenters. The first-order valence-electron chi connectivity index (χ1n) is 12.2. The monoisotopic (exact) mass is 416 g/mol. The summed E-state index contributed by atoms with van der Waals surface area (Å²) >= 11 is 0. The molecule has 0 aromatic carbocycles. The molecule has 0 unspecified atom stereocenters. The molecule has 3 saturated carbocycles. The topological polar surface area (TPSA) is 60.7 Å². The molecule has 0 amide bonds. The van der Waals surface area contributed by atoms with Crippen molar-refractivity contribution in [1.82, 2.24) is 0 Å². The number of hydrogen-bond acceptors (Lipinski definition) is 3. The molecule has 0 bridgehead atoms. The Kier molecular flexibility index (Phi) is 7.37. The van der Waals surface area contributed by atoms with Gasteiger partial charge in [0.2, 0.25) is 0 Å². The average molecular weight is 417 g/mol. The van der Waals surface area contributed by atoms with E-state index < -0.39 is 11.7 Å². The Bertz CT molecular complexity index is 683. The first kappa shape index (κ1) is 23.8. The Morgan fingerprint density at radius 3 is 2.60 bits per heavy atom. The predicted octanol–water partition coefficient (Wildman–Crippen LogP) is 5.70. The molecule has 3 aliphatic rings. The molecule has 30 heavy (non-hydrogen) atoms. The highest BCUT2D eigenvalue weighted by atomic mass is 16.3. The lowest BCUT2D eigenvalue weighted by Crippen LogP contribution is -2.38. The zero-order valence-electron chi connectivity index (χ0n) is 19.7. The van der Waals surface area contributed by atoms with Crippen LogP contribution in [-0.4, -0.2) is 33.1 Å². The minimum atomic E-state index is -1.02. The molecule has 170 valence electrons. The fraction of sp³-hybridized carbons (Fsp3) is 0.778. The van der Waals surface area contributed by atoms with Crippen molar-refractivity contribution >= 4 is 0 Å². The van der Waals surface area contributed by atoms with Crippen LogP contribution in [-0.2, 0) is 0 Å². The number of rotatable bonds is 6. The van der Waals surface area contributed by atoms with Crippen LogP contribution in [0.5, 0.6) is 0 Å². The quantitative estimate of drug-likeness (QED) is 0.520. The summed E-state index contributed by atoms with van der Waals surface area (Å²) in [6, 6.07) is 0. The van der Waals surface area contributed by atoms with Crippen molar-refractivity contribution < 1.29 is 15.3 Å². The molecule has 0 saturated heterocycles. The number of aliphatic hydroxyl groups is 3. The third kappa shape index (κ3) is 5.11. The lowest BCUT2D eigenvalue weighted by Gasteiger charge is -2.44. The van der Waals surface area contributed by atoms with Gasteiger partial charge in [0.1, 0.15) is 0 Å². The second-order valence-electron chi connectivity index (χ2n) is 11.3. The van der Waals surface area contributed by atoms with Gasteiger partial charge in [0.25, 0.3) is 0 Å². The molecule has 0 aromatic rings. The van der Waals surface area contributed by atoms with E-state index in [9.17, 15) is 15.3 Å². The molecule has 3 aliphatic carbocycles. The summed E-state index contributed by atoms with van der Waals surface area (Å²) in [7, 11) is 0. The first-order chi connectivity index (χ1) is 14.0. The highest BCUT2D eigenvalue weighted by Crippen LogP contribution is 2.60. The van der Waals surface area contributed by atoms with Gasteiger partial charge in [-0.2, -0.15) is 0 Å². The lowest BCUT2D eigenvalue weighted by molar-refractivity contribution is -0.0554. The van der Waals surface area contributed by atoms with E-state index in [1.54, 1.807) is 19.4 Å². The number of allylic oxidation sites excluding steroid dienone is 4. The molecule has 3 N–H and O–H groups in total. The molecular formula is C27H44O3. The van der Waals surface area contributed by atoms with Crippen LogP contribution in [0, 0.1) is 23.2 Å². The Hall–Kier alpha value is -0.900. The molecule has 3 heteroatoms. The fourth-order valence-corrected chi connectivity index (χ4v) is 6.58. The summed E-state index contributed by atoms with van der Waals surface area (Å²) < 4.78 is 0. The highest BCUT2D eigenvalue weighted by molar-refractivity contribution is 5.36. The van der Waals surface area contributed by atoms with E-state index in [0.717, 1.165) is 25.7 Å². The molecule has 0 spiro atoms. The van der Waals surface area contributed by atoms with Crippen LogP contribution in [0.1, 0.15) is 91.9 Å². The van der Waals surface area contributed by atoms with Gasteiger partial charge in [-0.05, 0) is 107 Å². The maximum Gasteiger partial charge on any atom is 0.0849 e. The number of hydrogen-bond donors (Lipinski definition) is 3. The summed E-state index contributed by atoms with van der Waals surface area (Å²) in [4.78, 5) is 0. The number of aliphatic hydroxyl groups excluding tert-OH is 2. The third-order valence-corrected chi connectivity index (χ3v) is 8.62. The van der Waals surface area contributed by atoms with Gasteiger partial charge in [-0.15, -0.1) is 0 Å². The first-order valence-corrected chi connectivity index (χ1v) is 12.2. The van der Waals surface area contributed by atoms with Gasteiger partial charge in [0.15, 0.2) is 0 Å². The Morgan fingerprint density at radius 1 is 1.17 bits per heavy atom. The van der Waals surface area contributed by atoms with Crippen molar-refractivity contribution in [2.45, 2.75) is 110 Å². The van der Waals surface area contributed by atoms with Gasteiger partial charge in [-0.25, -0.2) is 0 Å². The zero-order valence-corrected chi connectivity index (χ0v) is 19.7. The molecule has 0 heterocycles. The maximum absolute atomic E-state index is 10.3. The molecular weight excluding hydrogens is 372 g/mol. The van der Waals surface area contributed by atoms with Gasteiger partial charge in [-0.1, -0.05) is 43.7 Å². The molecule has 0 aliphatic heterocycles. The van der Waals surface area contributed by atoms with E-state index in [1.807, 2.05) is 0 Å². The van der Waals surface area contributed by atoms with Crippen LogP contribution < -0.4 is 0 Å². The van der Waals surface area contributed by atoms with E-state index in [4.69, 9.17) is 0 Å². The van der Waals surface area contributed by atoms with Crippen LogP contribution in [0.25, 0.3) is 0 Å². The number of fused-ring (bicyclic) bond motifs is 1. The lowest BCUT2D eigenvalue weighted by atomic mass is 9.60. The summed E-state index contributed by atoms with van der Waals surface area (Å²) in [6.45, 7) is 12.5. The smallest absolute Gasteiger partial charge is 0.0849 e. The van der Waals surface area contributed by atoms with Crippen molar-refractivity contribution in [3.63, 3.8) is 0 Å². The summed E-state index contributed by atoms with van der Waals surface area (Å²) in [5.74, 6) is 1.89. The van der Waals surface area contributed by atoms with Gasteiger partial charge >= 0.3 is 0 Å². The van der Waals surface area contributed by atoms with E-state index >= 15 is 0 Å². The Labute approximate surface area is 184 Å². The zero-order chi connectivity index (χ0) is 22.1. The normalized spacial score (nSPS) is 37.4. The van der Waals surface area contributed by atoms with Gasteiger partial charge in [0, 0.05) is 0 Å². The van der Waals surface area contributed by atoms with Crippen LogP contribution in [0.4, 0.5) is 0 Å². The van der Waals surface area contributed by atoms with E-state index in [0.29, 0.717) is 29.6 Å². The fourth-order valence-electron chi connectivity index (χ4n) is 6.58. The van der Waals surface area contributed by atoms with Gasteiger partial charge in [-0.3, -0.25) is 0 Å². The van der Waals surface area contributed by atoms with E-state index in [-0.39, 0.29) is 6.10 Å². The second kappa shape index (κ2) is 9.30. The van der Waals surface area contributed by atoms with Crippen molar-refractivity contribution in [3.8, 4) is 0 Å². The largest absolute Gasteiger partial charge is 0.393 e. The molecule has 3 rings (SSSR count). The van der Waals surface area contributed by atoms with Crippen LogP contribution >= 0.6 is 0 Å². The minimum absolute atomic E-state index is 0.215. The summed E-state index contributed by atoms with van der Waals surface area (Å²) in [5.41, 5.74) is 3.34. The Morgan fingerprint density at radius 2 is 1.90 bits per heavy atom. The Balaban J connectivity index is 1.69. The van der Waals surface area contributed by atoms with Crippen molar-refractivity contribution in [2.75, 3.05) is 0 Å². The van der Waals surface area contributed by atoms with Crippen LogP contribution in [0.2, 0.25) is 0 Å². The highest BCUT2D eigenvalue weighted by Gasteiger charge is 2.50. The standard InChI is InChI=1S/C27H44O3/c1-18-8-12-22(28)17-21(18)11-10-20-7-6-16-27(5)23(13-14-24(20)27)19(2)9-15-25(29)26(3,4)30/h10-11,19,22-25,28-30H,1,6-9,12-17H2,2-5H3/b20-10+,21-11-/t19-,22+,23-,24-,25+,27+/m1/s1. The molecule has 3 nitrogen and oxygen atoms in total. The second-order valence-corrected chi connectivity index (χ2v) is 11.3. The van der Waals surface area contributed by atoms with E-state index in [2.05, 4.69) is 32.6 Å². The summed E-state index contributed by atoms with van der Waals surface area (Å²) in [6.07, 6.45) is 14.1. The van der Waals surface area contributed by atoms with Gasteiger partial charge < -0.3 is 15.3 Å². The van der Waals surface area contributed by atoms with Crippen molar-refractivity contribution in [2.24, 2.45) is 23.2 Å². The SMILES string of the molecule is C=C1CC[C@H](O)C/C1=C/C=C1\CCC[C@]2(C)[C@@H]1CC[C@@H]2[C@H](C)CC[C@H](O)C(C)(C)O. The predicted molar refractivity (Wildman–Crippen MR) is 124 cm³/mol. The van der Waals surface area contributed by atoms with E-state index in [1.165, 1.54) is 43.3 Å². The maximum atomic E-state index is 10.3.